The summed E-state index contributed by atoms with van der Waals surface area (Å²) in [6.45, 7) is 0. The molecule has 0 N–H and O–H groups in total. The van der Waals surface area contributed by atoms with Crippen LogP contribution in [0.2, 0.25) is 0 Å². The van der Waals surface area contributed by atoms with Crippen LogP contribution in [0.4, 0.5) is 0 Å². The first kappa shape index (κ1) is 7.02. The summed E-state index contributed by atoms with van der Waals surface area (Å²) in [5.74, 6) is 2.96. The van der Waals surface area contributed by atoms with Crippen molar-refractivity contribution >= 4 is 11.8 Å². The molecule has 2 aliphatic rings. The molecule has 1 heteroatoms. The Morgan fingerprint density at radius 2 is 1.40 bits per heavy atom. The van der Waals surface area contributed by atoms with Crippen molar-refractivity contribution in [3.63, 3.8) is 0 Å². The third kappa shape index (κ3) is 1.20. The maximum Gasteiger partial charge on any atom is -0.000269 e. The average molecular weight is 156 g/mol. The van der Waals surface area contributed by atoms with Gasteiger partial charge in [-0.05, 0) is 29.8 Å². The van der Waals surface area contributed by atoms with Gasteiger partial charge in [-0.1, -0.05) is 25.7 Å². The Morgan fingerprint density at radius 3 is 1.80 bits per heavy atom. The molecule has 0 amide bonds. The number of thioether (sulfide) groups is 1. The molecule has 58 valence electrons. The summed E-state index contributed by atoms with van der Waals surface area (Å²) >= 11 is 2.15. The fourth-order valence-electron chi connectivity index (χ4n) is 2.16. The highest BCUT2D eigenvalue weighted by atomic mass is 32.2. The van der Waals surface area contributed by atoms with E-state index >= 15 is 0 Å². The molecule has 1 saturated carbocycles. The van der Waals surface area contributed by atoms with Crippen LogP contribution >= 0.6 is 11.8 Å². The van der Waals surface area contributed by atoms with Crippen LogP contribution in [0.5, 0.6) is 0 Å². The highest BCUT2D eigenvalue weighted by Crippen LogP contribution is 2.47. The molecule has 1 spiro atoms. The van der Waals surface area contributed by atoms with Crippen molar-refractivity contribution in [1.82, 2.24) is 0 Å². The second-order valence-corrected chi connectivity index (χ2v) is 4.89. The van der Waals surface area contributed by atoms with Gasteiger partial charge in [-0.3, -0.25) is 0 Å². The van der Waals surface area contributed by atoms with Gasteiger partial charge in [0.15, 0.2) is 0 Å². The third-order valence-electron chi connectivity index (χ3n) is 2.98. The first-order chi connectivity index (χ1) is 4.91. The Labute approximate surface area is 67.8 Å². The number of rotatable bonds is 0. The molecule has 2 fully saturated rings. The third-order valence-corrected chi connectivity index (χ3v) is 4.61. The quantitative estimate of drug-likeness (QED) is 0.519. The fourth-order valence-corrected chi connectivity index (χ4v) is 3.52. The van der Waals surface area contributed by atoms with Gasteiger partial charge in [0.2, 0.25) is 0 Å². The Bertz CT molecular complexity index is 106. The lowest BCUT2D eigenvalue weighted by molar-refractivity contribution is 0.310. The lowest BCUT2D eigenvalue weighted by Crippen LogP contribution is -2.34. The molecule has 0 nitrogen and oxygen atoms in total. The van der Waals surface area contributed by atoms with Crippen molar-refractivity contribution in [3.05, 3.63) is 0 Å². The summed E-state index contributed by atoms with van der Waals surface area (Å²) in [6, 6.07) is 0. The first-order valence-corrected chi connectivity index (χ1v) is 5.65. The van der Waals surface area contributed by atoms with Gasteiger partial charge in [0.25, 0.3) is 0 Å². The molecule has 1 heterocycles. The standard InChI is InChI=1S/C9H16S/c1-2-4-6-9(5-3-1)7-10-8-9/h1-8H2. The summed E-state index contributed by atoms with van der Waals surface area (Å²) in [7, 11) is 0. The first-order valence-electron chi connectivity index (χ1n) is 4.49. The van der Waals surface area contributed by atoms with Crippen LogP contribution in [-0.2, 0) is 0 Å². The molecule has 0 unspecified atom stereocenters. The van der Waals surface area contributed by atoms with Crippen molar-refractivity contribution in [2.24, 2.45) is 5.41 Å². The predicted molar refractivity (Wildman–Crippen MR) is 47.5 cm³/mol. The van der Waals surface area contributed by atoms with Crippen molar-refractivity contribution in [2.45, 2.75) is 38.5 Å². The summed E-state index contributed by atoms with van der Waals surface area (Å²) in [5, 5.41) is 0. The molecule has 0 bridgehead atoms. The minimum atomic E-state index is 0.848. The molecule has 10 heavy (non-hydrogen) atoms. The highest BCUT2D eigenvalue weighted by Gasteiger charge is 2.37. The summed E-state index contributed by atoms with van der Waals surface area (Å²) in [4.78, 5) is 0. The summed E-state index contributed by atoms with van der Waals surface area (Å²) in [6.07, 6.45) is 9.12. The molecule has 0 atom stereocenters. The van der Waals surface area contributed by atoms with E-state index in [4.69, 9.17) is 0 Å². The molecule has 0 aromatic rings. The van der Waals surface area contributed by atoms with Crippen molar-refractivity contribution in [3.8, 4) is 0 Å². The van der Waals surface area contributed by atoms with E-state index in [1.807, 2.05) is 0 Å². The largest absolute Gasteiger partial charge is 0.161 e. The molecule has 0 radical (unpaired) electrons. The average Bonchev–Trinajstić information content (AvgIpc) is 2.08. The van der Waals surface area contributed by atoms with E-state index < -0.39 is 0 Å². The van der Waals surface area contributed by atoms with Gasteiger partial charge in [-0.15, -0.1) is 0 Å². The number of hydrogen-bond donors (Lipinski definition) is 0. The van der Waals surface area contributed by atoms with Crippen LogP contribution in [0.3, 0.4) is 0 Å². The van der Waals surface area contributed by atoms with Crippen LogP contribution in [0.1, 0.15) is 38.5 Å². The Hall–Kier alpha value is 0.350. The normalized spacial score (nSPS) is 31.2. The molecule has 0 aromatic carbocycles. The zero-order valence-corrected chi connectivity index (χ0v) is 7.38. The molecule has 1 aliphatic heterocycles. The topological polar surface area (TPSA) is 0 Å². The van der Waals surface area contributed by atoms with Gasteiger partial charge < -0.3 is 0 Å². The van der Waals surface area contributed by atoms with Crippen LogP contribution in [0.25, 0.3) is 0 Å². The predicted octanol–water partition coefficient (Wildman–Crippen LogP) is 3.07. The molecule has 2 rings (SSSR count). The van der Waals surface area contributed by atoms with Gasteiger partial charge in [0.05, 0.1) is 0 Å². The Morgan fingerprint density at radius 1 is 0.800 bits per heavy atom. The fraction of sp³-hybridized carbons (Fsp3) is 1.00. The van der Waals surface area contributed by atoms with Crippen molar-refractivity contribution < 1.29 is 0 Å². The molecular weight excluding hydrogens is 140 g/mol. The molecule has 1 aliphatic carbocycles. The second kappa shape index (κ2) is 2.77. The molecule has 0 aromatic heterocycles. The summed E-state index contributed by atoms with van der Waals surface area (Å²) in [5.41, 5.74) is 0.848. The lowest BCUT2D eigenvalue weighted by atomic mass is 9.84. The number of hydrogen-bond acceptors (Lipinski definition) is 1. The SMILES string of the molecule is C1CCCC2(CC1)CSC2. The zero-order valence-electron chi connectivity index (χ0n) is 6.57. The van der Waals surface area contributed by atoms with E-state index in [2.05, 4.69) is 11.8 Å². The minimum Gasteiger partial charge on any atom is -0.161 e. The van der Waals surface area contributed by atoms with E-state index in [1.54, 1.807) is 12.8 Å². The van der Waals surface area contributed by atoms with Crippen LogP contribution in [0, 0.1) is 5.41 Å². The van der Waals surface area contributed by atoms with E-state index in [-0.39, 0.29) is 0 Å². The molecular formula is C9H16S. The van der Waals surface area contributed by atoms with Crippen LogP contribution < -0.4 is 0 Å². The maximum atomic E-state index is 2.15. The van der Waals surface area contributed by atoms with E-state index in [1.165, 1.54) is 37.2 Å². The Balaban J connectivity index is 1.92. The van der Waals surface area contributed by atoms with Crippen molar-refractivity contribution in [2.75, 3.05) is 11.5 Å². The summed E-state index contributed by atoms with van der Waals surface area (Å²) < 4.78 is 0. The zero-order chi connectivity index (χ0) is 6.86. The van der Waals surface area contributed by atoms with E-state index in [9.17, 15) is 0 Å². The van der Waals surface area contributed by atoms with Gasteiger partial charge >= 0.3 is 0 Å². The van der Waals surface area contributed by atoms with E-state index in [0.717, 1.165) is 5.41 Å². The van der Waals surface area contributed by atoms with E-state index in [0.29, 0.717) is 0 Å². The molecule has 1 saturated heterocycles. The van der Waals surface area contributed by atoms with Gasteiger partial charge in [-0.25, -0.2) is 0 Å². The highest BCUT2D eigenvalue weighted by molar-refractivity contribution is 8.00. The van der Waals surface area contributed by atoms with Gasteiger partial charge in [0, 0.05) is 0 Å². The minimum absolute atomic E-state index is 0.848. The van der Waals surface area contributed by atoms with Crippen molar-refractivity contribution in [1.29, 1.82) is 0 Å². The van der Waals surface area contributed by atoms with Gasteiger partial charge in [0.1, 0.15) is 0 Å². The monoisotopic (exact) mass is 156 g/mol. The Kier molecular flexibility index (Phi) is 1.94. The van der Waals surface area contributed by atoms with Crippen LogP contribution in [0.15, 0.2) is 0 Å². The smallest absolute Gasteiger partial charge is 0.000269 e. The van der Waals surface area contributed by atoms with Crippen LogP contribution in [-0.4, -0.2) is 11.5 Å². The lowest BCUT2D eigenvalue weighted by Gasteiger charge is -2.40. The maximum absolute atomic E-state index is 2.15. The van der Waals surface area contributed by atoms with Gasteiger partial charge in [-0.2, -0.15) is 11.8 Å². The second-order valence-electron chi connectivity index (χ2n) is 3.91.